The van der Waals surface area contributed by atoms with Crippen molar-refractivity contribution in [3.05, 3.63) is 17.5 Å². The first-order valence-electron chi connectivity index (χ1n) is 4.84. The van der Waals surface area contributed by atoms with Crippen molar-refractivity contribution in [2.45, 2.75) is 19.8 Å². The van der Waals surface area contributed by atoms with Gasteiger partial charge in [0.25, 0.3) is 0 Å². The van der Waals surface area contributed by atoms with Crippen molar-refractivity contribution in [3.8, 4) is 0 Å². The van der Waals surface area contributed by atoms with Crippen molar-refractivity contribution < 1.29 is 24.3 Å². The van der Waals surface area contributed by atoms with Crippen LogP contribution in [-0.4, -0.2) is 27.3 Å². The maximum absolute atomic E-state index is 11.2. The van der Waals surface area contributed by atoms with Gasteiger partial charge in [-0.05, 0) is 13.3 Å². The Labute approximate surface area is 90.9 Å². The molecule has 1 aliphatic carbocycles. The minimum absolute atomic E-state index is 0.0641. The van der Waals surface area contributed by atoms with Crippen LogP contribution in [0.1, 0.15) is 18.2 Å². The SMILES string of the molecule is C[C@@]1(C(=O)O)Cc2oncc2C[C@@H]1C(=O)O. The van der Waals surface area contributed by atoms with Crippen LogP contribution in [0.4, 0.5) is 0 Å². The summed E-state index contributed by atoms with van der Waals surface area (Å²) in [5.74, 6) is -2.70. The van der Waals surface area contributed by atoms with Gasteiger partial charge in [-0.2, -0.15) is 0 Å². The van der Waals surface area contributed by atoms with Crippen LogP contribution in [0.5, 0.6) is 0 Å². The number of hydrogen-bond acceptors (Lipinski definition) is 4. The number of fused-ring (bicyclic) bond motifs is 1. The first-order chi connectivity index (χ1) is 7.45. The molecule has 86 valence electrons. The van der Waals surface area contributed by atoms with E-state index in [4.69, 9.17) is 14.7 Å². The lowest BCUT2D eigenvalue weighted by Gasteiger charge is -2.33. The Balaban J connectivity index is 2.45. The zero-order valence-electron chi connectivity index (χ0n) is 8.64. The van der Waals surface area contributed by atoms with E-state index in [0.29, 0.717) is 11.3 Å². The van der Waals surface area contributed by atoms with Gasteiger partial charge in [0.2, 0.25) is 0 Å². The molecule has 0 fully saturated rings. The Morgan fingerprint density at radius 3 is 2.81 bits per heavy atom. The van der Waals surface area contributed by atoms with Crippen molar-refractivity contribution in [1.82, 2.24) is 5.16 Å². The fourth-order valence-electron chi connectivity index (χ4n) is 2.08. The van der Waals surface area contributed by atoms with Crippen LogP contribution in [0.2, 0.25) is 0 Å². The number of aromatic nitrogens is 1. The average molecular weight is 225 g/mol. The molecule has 2 N–H and O–H groups in total. The minimum atomic E-state index is -1.33. The van der Waals surface area contributed by atoms with Gasteiger partial charge in [0.1, 0.15) is 5.76 Å². The van der Waals surface area contributed by atoms with Crippen LogP contribution in [0.3, 0.4) is 0 Å². The van der Waals surface area contributed by atoms with Gasteiger partial charge in [-0.15, -0.1) is 0 Å². The minimum Gasteiger partial charge on any atom is -0.481 e. The van der Waals surface area contributed by atoms with E-state index in [1.807, 2.05) is 0 Å². The van der Waals surface area contributed by atoms with Crippen molar-refractivity contribution in [2.24, 2.45) is 11.3 Å². The molecule has 16 heavy (non-hydrogen) atoms. The first-order valence-corrected chi connectivity index (χ1v) is 4.84. The third-order valence-corrected chi connectivity index (χ3v) is 3.24. The molecule has 1 aromatic rings. The van der Waals surface area contributed by atoms with Gasteiger partial charge in [-0.1, -0.05) is 5.16 Å². The Kier molecular flexibility index (Phi) is 2.22. The van der Waals surface area contributed by atoms with Crippen molar-refractivity contribution in [1.29, 1.82) is 0 Å². The summed E-state index contributed by atoms with van der Waals surface area (Å²) in [4.78, 5) is 22.3. The van der Waals surface area contributed by atoms with Gasteiger partial charge >= 0.3 is 11.9 Å². The molecule has 1 aliphatic rings. The molecule has 0 aromatic carbocycles. The molecule has 0 saturated carbocycles. The molecular formula is C10H11NO5. The smallest absolute Gasteiger partial charge is 0.310 e. The maximum Gasteiger partial charge on any atom is 0.310 e. The predicted octanol–water partition coefficient (Wildman–Crippen LogP) is 0.565. The van der Waals surface area contributed by atoms with Crippen LogP contribution in [0, 0.1) is 11.3 Å². The largest absolute Gasteiger partial charge is 0.481 e. The average Bonchev–Trinajstić information content (AvgIpc) is 2.62. The van der Waals surface area contributed by atoms with Crippen LogP contribution in [0.25, 0.3) is 0 Å². The van der Waals surface area contributed by atoms with E-state index in [-0.39, 0.29) is 12.8 Å². The lowest BCUT2D eigenvalue weighted by Crippen LogP contribution is -2.45. The zero-order chi connectivity index (χ0) is 11.9. The van der Waals surface area contributed by atoms with Gasteiger partial charge < -0.3 is 14.7 Å². The number of aliphatic carboxylic acids is 2. The molecule has 1 aromatic heterocycles. The maximum atomic E-state index is 11.2. The topological polar surface area (TPSA) is 101 Å². The van der Waals surface area contributed by atoms with Gasteiger partial charge in [0.05, 0.1) is 17.5 Å². The van der Waals surface area contributed by atoms with E-state index >= 15 is 0 Å². The van der Waals surface area contributed by atoms with E-state index in [0.717, 1.165) is 0 Å². The number of rotatable bonds is 2. The molecule has 2 atom stereocenters. The summed E-state index contributed by atoms with van der Waals surface area (Å²) >= 11 is 0. The molecule has 0 amide bonds. The molecular weight excluding hydrogens is 214 g/mol. The first kappa shape index (κ1) is 10.7. The van der Waals surface area contributed by atoms with Crippen LogP contribution >= 0.6 is 0 Å². The van der Waals surface area contributed by atoms with E-state index in [2.05, 4.69) is 5.16 Å². The normalized spacial score (nSPS) is 28.4. The predicted molar refractivity (Wildman–Crippen MR) is 50.8 cm³/mol. The molecule has 6 nitrogen and oxygen atoms in total. The summed E-state index contributed by atoms with van der Waals surface area (Å²) in [5.41, 5.74) is -0.649. The molecule has 0 radical (unpaired) electrons. The second-order valence-corrected chi connectivity index (χ2v) is 4.27. The highest BCUT2D eigenvalue weighted by Gasteiger charge is 2.50. The summed E-state index contributed by atoms with van der Waals surface area (Å²) < 4.78 is 4.92. The number of carbonyl (C=O) groups is 2. The lowest BCUT2D eigenvalue weighted by atomic mass is 9.67. The number of hydrogen-bond donors (Lipinski definition) is 2. The number of carboxylic acid groups (broad SMARTS) is 2. The third-order valence-electron chi connectivity index (χ3n) is 3.24. The van der Waals surface area contributed by atoms with Crippen molar-refractivity contribution >= 4 is 11.9 Å². The van der Waals surface area contributed by atoms with E-state index in [1.54, 1.807) is 0 Å². The highest BCUT2D eigenvalue weighted by Crippen LogP contribution is 2.40. The van der Waals surface area contributed by atoms with Crippen LogP contribution in [-0.2, 0) is 22.4 Å². The lowest BCUT2D eigenvalue weighted by molar-refractivity contribution is -0.162. The molecule has 0 aliphatic heterocycles. The Morgan fingerprint density at radius 1 is 1.56 bits per heavy atom. The molecule has 6 heteroatoms. The summed E-state index contributed by atoms with van der Waals surface area (Å²) in [6.07, 6.45) is 1.66. The number of nitrogens with zero attached hydrogens (tertiary/aromatic N) is 1. The standard InChI is InChI=1S/C10H11NO5/c1-10(9(14)15)3-7-5(4-11-16-7)2-6(10)8(12)13/h4,6H,2-3H2,1H3,(H,12,13)(H,14,15)/t6-,10-/m1/s1. The van der Waals surface area contributed by atoms with Crippen LogP contribution in [0.15, 0.2) is 10.7 Å². The van der Waals surface area contributed by atoms with Crippen LogP contribution < -0.4 is 0 Å². The van der Waals surface area contributed by atoms with E-state index < -0.39 is 23.3 Å². The van der Waals surface area contributed by atoms with Gasteiger partial charge in [0.15, 0.2) is 0 Å². The highest BCUT2D eigenvalue weighted by atomic mass is 16.5. The summed E-state index contributed by atoms with van der Waals surface area (Å²) in [6.45, 7) is 1.43. The summed E-state index contributed by atoms with van der Waals surface area (Å²) in [7, 11) is 0. The van der Waals surface area contributed by atoms with Crippen molar-refractivity contribution in [3.63, 3.8) is 0 Å². The summed E-state index contributed by atoms with van der Waals surface area (Å²) in [5, 5.41) is 21.8. The zero-order valence-corrected chi connectivity index (χ0v) is 8.64. The third kappa shape index (κ3) is 1.37. The molecule has 0 saturated heterocycles. The molecule has 1 heterocycles. The number of carboxylic acids is 2. The quantitative estimate of drug-likeness (QED) is 0.762. The Morgan fingerprint density at radius 2 is 2.25 bits per heavy atom. The van der Waals surface area contributed by atoms with Gasteiger partial charge in [-0.3, -0.25) is 9.59 Å². The molecule has 0 bridgehead atoms. The van der Waals surface area contributed by atoms with Gasteiger partial charge in [0, 0.05) is 12.0 Å². The van der Waals surface area contributed by atoms with E-state index in [1.165, 1.54) is 13.1 Å². The second-order valence-electron chi connectivity index (χ2n) is 4.27. The molecule has 0 spiro atoms. The second kappa shape index (κ2) is 3.33. The monoisotopic (exact) mass is 225 g/mol. The fourth-order valence-corrected chi connectivity index (χ4v) is 2.08. The van der Waals surface area contributed by atoms with E-state index in [9.17, 15) is 9.59 Å². The van der Waals surface area contributed by atoms with Crippen molar-refractivity contribution in [2.75, 3.05) is 0 Å². The fraction of sp³-hybridized carbons (Fsp3) is 0.500. The summed E-state index contributed by atoms with van der Waals surface area (Å²) in [6, 6.07) is 0. The highest BCUT2D eigenvalue weighted by molar-refractivity contribution is 5.84. The van der Waals surface area contributed by atoms with Gasteiger partial charge in [-0.25, -0.2) is 0 Å². The Hall–Kier alpha value is -1.85. The Bertz CT molecular complexity index is 452. The molecule has 2 rings (SSSR count). The molecule has 0 unspecified atom stereocenters.